The zero-order valence-electron chi connectivity index (χ0n) is 11.2. The van der Waals surface area contributed by atoms with Crippen LogP contribution in [0.1, 0.15) is 5.56 Å². The van der Waals surface area contributed by atoms with E-state index in [0.29, 0.717) is 6.61 Å². The Balaban J connectivity index is 1.67. The molecule has 2 aliphatic heterocycles. The molecule has 2 fully saturated rings. The van der Waals surface area contributed by atoms with Crippen molar-refractivity contribution in [2.45, 2.75) is 12.1 Å². The molecule has 0 radical (unpaired) electrons. The average molecular weight is 263 g/mol. The molecule has 0 amide bonds. The Labute approximate surface area is 113 Å². The lowest BCUT2D eigenvalue weighted by Gasteiger charge is -2.38. The first kappa shape index (κ1) is 13.0. The van der Waals surface area contributed by atoms with Gasteiger partial charge in [0.2, 0.25) is 0 Å². The summed E-state index contributed by atoms with van der Waals surface area (Å²) in [6, 6.07) is 4.14. The lowest BCUT2D eigenvalue weighted by Crippen LogP contribution is -2.57. The van der Waals surface area contributed by atoms with Crippen LogP contribution in [0.5, 0.6) is 0 Å². The maximum Gasteiger partial charge on any atom is 0.116 e. The number of hydrogen-bond acceptors (Lipinski definition) is 5. The summed E-state index contributed by atoms with van der Waals surface area (Å²) in [4.78, 5) is 6.47. The Hall–Kier alpha value is -1.01. The quantitative estimate of drug-likeness (QED) is 0.830. The van der Waals surface area contributed by atoms with E-state index < -0.39 is 0 Å². The van der Waals surface area contributed by atoms with Gasteiger partial charge in [0.1, 0.15) is 5.60 Å². The highest BCUT2D eigenvalue weighted by molar-refractivity contribution is 5.09. The van der Waals surface area contributed by atoms with E-state index in [-0.39, 0.29) is 5.60 Å². The van der Waals surface area contributed by atoms with E-state index in [1.54, 1.807) is 0 Å². The van der Waals surface area contributed by atoms with Gasteiger partial charge in [0.05, 0.1) is 19.8 Å². The third kappa shape index (κ3) is 3.30. The lowest BCUT2D eigenvalue weighted by molar-refractivity contribution is -0.108. The van der Waals surface area contributed by atoms with Crippen molar-refractivity contribution in [3.05, 3.63) is 30.1 Å². The van der Waals surface area contributed by atoms with Crippen molar-refractivity contribution in [3.8, 4) is 0 Å². The summed E-state index contributed by atoms with van der Waals surface area (Å²) in [5.41, 5.74) is 1.11. The summed E-state index contributed by atoms with van der Waals surface area (Å²) in [6.45, 7) is 6.84. The fourth-order valence-corrected chi connectivity index (χ4v) is 2.77. The largest absolute Gasteiger partial charge is 0.377 e. The maximum atomic E-state index is 6.01. The van der Waals surface area contributed by atoms with Crippen molar-refractivity contribution in [1.82, 2.24) is 15.2 Å². The summed E-state index contributed by atoms with van der Waals surface area (Å²) < 4.78 is 11.7. The molecule has 3 rings (SSSR count). The number of nitrogens with zero attached hydrogens (tertiary/aromatic N) is 2. The number of hydrogen-bond donors (Lipinski definition) is 1. The van der Waals surface area contributed by atoms with Gasteiger partial charge >= 0.3 is 0 Å². The van der Waals surface area contributed by atoms with Crippen molar-refractivity contribution in [2.24, 2.45) is 0 Å². The van der Waals surface area contributed by atoms with Gasteiger partial charge in [0, 0.05) is 45.1 Å². The zero-order chi connectivity index (χ0) is 13.0. The zero-order valence-corrected chi connectivity index (χ0v) is 11.2. The second kappa shape index (κ2) is 5.96. The van der Waals surface area contributed by atoms with Crippen LogP contribution in [-0.4, -0.2) is 61.5 Å². The molecule has 5 nitrogen and oxygen atoms in total. The smallest absolute Gasteiger partial charge is 0.116 e. The van der Waals surface area contributed by atoms with Crippen molar-refractivity contribution in [2.75, 3.05) is 46.0 Å². The van der Waals surface area contributed by atoms with Crippen LogP contribution in [-0.2, 0) is 16.0 Å². The van der Waals surface area contributed by atoms with Crippen molar-refractivity contribution < 1.29 is 9.47 Å². The van der Waals surface area contributed by atoms with Crippen LogP contribution in [0, 0.1) is 0 Å². The number of rotatable bonds is 2. The Kier molecular flexibility index (Phi) is 4.08. The maximum absolute atomic E-state index is 6.01. The Morgan fingerprint density at radius 1 is 1.32 bits per heavy atom. The number of ether oxygens (including phenoxy) is 2. The van der Waals surface area contributed by atoms with E-state index in [2.05, 4.69) is 27.3 Å². The monoisotopic (exact) mass is 263 g/mol. The third-order valence-corrected chi connectivity index (χ3v) is 3.72. The summed E-state index contributed by atoms with van der Waals surface area (Å²) >= 11 is 0. The van der Waals surface area contributed by atoms with Crippen molar-refractivity contribution in [3.63, 3.8) is 0 Å². The van der Waals surface area contributed by atoms with Crippen LogP contribution < -0.4 is 5.32 Å². The van der Waals surface area contributed by atoms with Gasteiger partial charge in [-0.25, -0.2) is 0 Å². The molecule has 0 saturated carbocycles. The molecule has 1 atom stereocenters. The van der Waals surface area contributed by atoms with Gasteiger partial charge in [-0.3, -0.25) is 9.88 Å². The molecule has 0 unspecified atom stereocenters. The summed E-state index contributed by atoms with van der Waals surface area (Å²) in [5, 5.41) is 3.42. The highest BCUT2D eigenvalue weighted by Crippen LogP contribution is 2.20. The number of morpholine rings is 1. The summed E-state index contributed by atoms with van der Waals surface area (Å²) in [7, 11) is 0. The SMILES string of the molecule is c1cc(CN2CCOC[C@]3(CNCCO3)C2)ccn1. The number of pyridine rings is 1. The van der Waals surface area contributed by atoms with E-state index >= 15 is 0 Å². The van der Waals surface area contributed by atoms with Crippen molar-refractivity contribution in [1.29, 1.82) is 0 Å². The lowest BCUT2D eigenvalue weighted by atomic mass is 10.0. The minimum Gasteiger partial charge on any atom is -0.377 e. The molecule has 1 aromatic rings. The second-order valence-corrected chi connectivity index (χ2v) is 5.33. The van der Waals surface area contributed by atoms with Gasteiger partial charge in [0.15, 0.2) is 0 Å². The first-order valence-electron chi connectivity index (χ1n) is 6.90. The summed E-state index contributed by atoms with van der Waals surface area (Å²) in [6.07, 6.45) is 3.69. The minimum absolute atomic E-state index is 0.179. The van der Waals surface area contributed by atoms with Gasteiger partial charge in [-0.2, -0.15) is 0 Å². The normalized spacial score (nSPS) is 29.3. The van der Waals surface area contributed by atoms with E-state index in [9.17, 15) is 0 Å². The minimum atomic E-state index is -0.179. The average Bonchev–Trinajstić information content (AvgIpc) is 2.63. The predicted octanol–water partition coefficient (Wildman–Crippen LogP) is 0.272. The van der Waals surface area contributed by atoms with E-state index in [1.807, 2.05) is 12.4 Å². The predicted molar refractivity (Wildman–Crippen MR) is 71.9 cm³/mol. The molecule has 0 aromatic carbocycles. The molecule has 0 bridgehead atoms. The number of aromatic nitrogens is 1. The number of nitrogens with one attached hydrogen (secondary N) is 1. The second-order valence-electron chi connectivity index (χ2n) is 5.33. The fourth-order valence-electron chi connectivity index (χ4n) is 2.77. The van der Waals surface area contributed by atoms with E-state index in [1.165, 1.54) is 5.56 Å². The van der Waals surface area contributed by atoms with Crippen LogP contribution >= 0.6 is 0 Å². The van der Waals surface area contributed by atoms with Gasteiger partial charge in [-0.15, -0.1) is 0 Å². The van der Waals surface area contributed by atoms with Gasteiger partial charge in [-0.1, -0.05) is 0 Å². The molecular weight excluding hydrogens is 242 g/mol. The molecule has 3 heterocycles. The first-order chi connectivity index (χ1) is 9.36. The molecule has 5 heteroatoms. The molecule has 1 N–H and O–H groups in total. The molecule has 2 saturated heterocycles. The standard InChI is InChI=1S/C14H21N3O2/c1-3-15-4-2-13(1)9-17-6-8-18-12-14(11-17)10-16-5-7-19-14/h1-4,16H,5-12H2/t14-/m0/s1. The molecule has 104 valence electrons. The molecule has 1 aromatic heterocycles. The Bertz CT molecular complexity index is 393. The van der Waals surface area contributed by atoms with Crippen LogP contribution in [0.3, 0.4) is 0 Å². The first-order valence-corrected chi connectivity index (χ1v) is 6.90. The van der Waals surface area contributed by atoms with Gasteiger partial charge in [-0.05, 0) is 17.7 Å². The van der Waals surface area contributed by atoms with Crippen LogP contribution in [0.2, 0.25) is 0 Å². The van der Waals surface area contributed by atoms with Gasteiger partial charge < -0.3 is 14.8 Å². The molecule has 2 aliphatic rings. The van der Waals surface area contributed by atoms with Crippen LogP contribution in [0.4, 0.5) is 0 Å². The van der Waals surface area contributed by atoms with E-state index in [0.717, 1.165) is 45.9 Å². The Morgan fingerprint density at radius 3 is 3.00 bits per heavy atom. The van der Waals surface area contributed by atoms with Crippen LogP contribution in [0.15, 0.2) is 24.5 Å². The summed E-state index contributed by atoms with van der Waals surface area (Å²) in [5.74, 6) is 0. The molecule has 1 spiro atoms. The van der Waals surface area contributed by atoms with Gasteiger partial charge in [0.25, 0.3) is 0 Å². The third-order valence-electron chi connectivity index (χ3n) is 3.72. The van der Waals surface area contributed by atoms with Crippen LogP contribution in [0.25, 0.3) is 0 Å². The van der Waals surface area contributed by atoms with Crippen molar-refractivity contribution >= 4 is 0 Å². The Morgan fingerprint density at radius 2 is 2.21 bits per heavy atom. The molecule has 19 heavy (non-hydrogen) atoms. The highest BCUT2D eigenvalue weighted by Gasteiger charge is 2.37. The molecule has 0 aliphatic carbocycles. The topological polar surface area (TPSA) is 46.6 Å². The molecular formula is C14H21N3O2. The highest BCUT2D eigenvalue weighted by atomic mass is 16.5. The van der Waals surface area contributed by atoms with E-state index in [4.69, 9.17) is 9.47 Å². The fraction of sp³-hybridized carbons (Fsp3) is 0.643.